The third-order valence-electron chi connectivity index (χ3n) is 2.37. The summed E-state index contributed by atoms with van der Waals surface area (Å²) in [5.74, 6) is 0. The molecule has 0 saturated heterocycles. The van der Waals surface area contributed by atoms with Crippen molar-refractivity contribution in [3.63, 3.8) is 0 Å². The normalized spacial score (nSPS) is 16.6. The first-order valence-electron chi connectivity index (χ1n) is 5.03. The van der Waals surface area contributed by atoms with E-state index in [1.165, 1.54) is 0 Å². The van der Waals surface area contributed by atoms with Crippen molar-refractivity contribution < 1.29 is 61.9 Å². The highest BCUT2D eigenvalue weighted by Gasteiger charge is 2.72. The number of nitrogens with two attached hydrogens (primary N) is 1. The third kappa shape index (κ3) is 5.01. The molecule has 1 unspecified atom stereocenters. The molecule has 1 atom stereocenters. The van der Waals surface area contributed by atoms with Gasteiger partial charge in [-0.05, 0) is 13.0 Å². The number of hydrogen-bond donors (Lipinski definition) is 9. The summed E-state index contributed by atoms with van der Waals surface area (Å²) in [6.07, 6.45) is -1.11. The molecule has 10 N–H and O–H groups in total. The highest BCUT2D eigenvalue weighted by Crippen LogP contribution is 2.78. The van der Waals surface area contributed by atoms with Gasteiger partial charge in [0.1, 0.15) is 5.66 Å². The lowest BCUT2D eigenvalue weighted by atomic mass is 10.3. The average molecular weight is 409 g/mol. The first-order chi connectivity index (χ1) is 9.40. The van der Waals surface area contributed by atoms with E-state index >= 15 is 0 Å². The average Bonchev–Trinajstić information content (AvgIpc) is 2.16. The van der Waals surface area contributed by atoms with Gasteiger partial charge in [0.15, 0.2) is 0 Å². The van der Waals surface area contributed by atoms with Crippen molar-refractivity contribution in [3.8, 4) is 0 Å². The monoisotopic (exact) mass is 409 g/mol. The predicted molar refractivity (Wildman–Crippen MR) is 69.5 cm³/mol. The lowest BCUT2D eigenvalue weighted by Gasteiger charge is -2.39. The van der Waals surface area contributed by atoms with Crippen LogP contribution in [0.4, 0.5) is 0 Å². The maximum atomic E-state index is 11.5. The van der Waals surface area contributed by atoms with E-state index in [-0.39, 0.29) is 0 Å². The Bertz CT molecular complexity index is 555. The minimum Gasteiger partial charge on any atom is -0.330 e. The summed E-state index contributed by atoms with van der Waals surface area (Å²) in [4.78, 5) is 72.2. The molecule has 0 amide bonds. The van der Waals surface area contributed by atoms with Crippen molar-refractivity contribution in [2.24, 2.45) is 5.73 Å². The lowest BCUT2D eigenvalue weighted by Crippen LogP contribution is -2.44. The smallest absolute Gasteiger partial charge is 0.330 e. The summed E-state index contributed by atoms with van der Waals surface area (Å²) in [5.41, 5.74) is 2.00. The van der Waals surface area contributed by atoms with Gasteiger partial charge in [0.05, 0.1) is 0 Å². The third-order valence-corrected chi connectivity index (χ3v) is 9.06. The summed E-state index contributed by atoms with van der Waals surface area (Å²) in [6.45, 7) is -0.734. The largest absolute Gasteiger partial charge is 0.471 e. The molecule has 0 rings (SSSR count). The molecule has 18 heteroatoms. The Kier molecular flexibility index (Phi) is 6.95. The van der Waals surface area contributed by atoms with Gasteiger partial charge in [-0.2, -0.15) is 0 Å². The van der Waals surface area contributed by atoms with E-state index in [0.29, 0.717) is 0 Å². The molecule has 0 aliphatic rings. The Balaban J connectivity index is 6.78. The standard InChI is InChI=1S/C4H15NO13P4/c5-2-1-3(19(6,7)8)4(20(9,10)11,21(12,13)14)18-22(15,16)17/h3H,1-2,5H2,(H2,6,7,8)(H2,9,10,11)(H2,12,13,14)(H2,15,16,17). The number of phosphoric acid groups is 1. The van der Waals surface area contributed by atoms with Crippen LogP contribution in [-0.2, 0) is 22.8 Å². The fraction of sp³-hybridized carbons (Fsp3) is 1.00. The fourth-order valence-corrected chi connectivity index (χ4v) is 8.86. The molecule has 0 spiro atoms. The van der Waals surface area contributed by atoms with Gasteiger partial charge in [0, 0.05) is 0 Å². The molecule has 14 nitrogen and oxygen atoms in total. The second kappa shape index (κ2) is 6.79. The summed E-state index contributed by atoms with van der Waals surface area (Å²) in [7, 11) is -24.4. The first-order valence-corrected chi connectivity index (χ1v) is 11.5. The zero-order valence-electron chi connectivity index (χ0n) is 10.5. The highest BCUT2D eigenvalue weighted by atomic mass is 31.2. The molecular formula is C4H15NO13P4. The van der Waals surface area contributed by atoms with Crippen molar-refractivity contribution in [3.05, 3.63) is 0 Å². The molecule has 0 aliphatic heterocycles. The molecule has 0 fully saturated rings. The van der Waals surface area contributed by atoms with E-state index in [1.807, 2.05) is 0 Å². The van der Waals surface area contributed by atoms with Crippen LogP contribution in [-0.4, -0.2) is 56.4 Å². The van der Waals surface area contributed by atoms with Gasteiger partial charge in [-0.25, -0.2) is 4.57 Å². The van der Waals surface area contributed by atoms with Crippen molar-refractivity contribution in [1.29, 1.82) is 0 Å². The SMILES string of the molecule is NCCC(C(OP(=O)(O)O)(P(=O)(O)O)P(=O)(O)O)P(=O)(O)O. The van der Waals surface area contributed by atoms with Gasteiger partial charge in [0.2, 0.25) is 0 Å². The molecule has 0 bridgehead atoms. The van der Waals surface area contributed by atoms with Crippen LogP contribution >= 0.6 is 30.6 Å². The summed E-state index contributed by atoms with van der Waals surface area (Å²) in [5, 5.41) is -4.46. The van der Waals surface area contributed by atoms with E-state index in [1.54, 1.807) is 0 Å². The van der Waals surface area contributed by atoms with Crippen LogP contribution in [0.3, 0.4) is 0 Å². The van der Waals surface area contributed by atoms with Gasteiger partial charge in [-0.15, -0.1) is 0 Å². The topological polar surface area (TPSA) is 265 Å². The predicted octanol–water partition coefficient (Wildman–Crippen LogP) is -2.00. The molecule has 134 valence electrons. The van der Waals surface area contributed by atoms with Gasteiger partial charge >= 0.3 is 30.6 Å². The van der Waals surface area contributed by atoms with Gasteiger partial charge in [-0.1, -0.05) is 0 Å². The fourth-order valence-electron chi connectivity index (χ4n) is 1.63. The van der Waals surface area contributed by atoms with E-state index in [2.05, 4.69) is 4.52 Å². The Labute approximate surface area is 123 Å². The summed E-state index contributed by atoms with van der Waals surface area (Å²) < 4.78 is 48.8. The Morgan fingerprint density at radius 1 is 0.864 bits per heavy atom. The molecule has 0 saturated carbocycles. The molecule has 22 heavy (non-hydrogen) atoms. The van der Waals surface area contributed by atoms with Crippen molar-refractivity contribution >= 4 is 30.6 Å². The minimum atomic E-state index is -6.33. The highest BCUT2D eigenvalue weighted by molar-refractivity contribution is 7.74. The molecule has 0 aliphatic carbocycles. The lowest BCUT2D eigenvalue weighted by molar-refractivity contribution is 0.0955. The van der Waals surface area contributed by atoms with Crippen LogP contribution in [0.5, 0.6) is 0 Å². The Hall–Kier alpha value is 0.520. The molecule has 0 aromatic heterocycles. The second-order valence-corrected chi connectivity index (χ2v) is 10.8. The van der Waals surface area contributed by atoms with Crippen molar-refractivity contribution in [1.82, 2.24) is 0 Å². The van der Waals surface area contributed by atoms with Crippen molar-refractivity contribution in [2.45, 2.75) is 17.2 Å². The molecular weight excluding hydrogens is 394 g/mol. The number of hydrogen-bond acceptors (Lipinski definition) is 6. The van der Waals surface area contributed by atoms with Crippen LogP contribution in [0.15, 0.2) is 0 Å². The summed E-state index contributed by atoms with van der Waals surface area (Å²) >= 11 is 0. The van der Waals surface area contributed by atoms with E-state index in [9.17, 15) is 18.3 Å². The number of rotatable bonds is 8. The van der Waals surface area contributed by atoms with Gasteiger partial charge in [-0.3, -0.25) is 18.2 Å². The van der Waals surface area contributed by atoms with E-state index < -0.39 is 54.3 Å². The maximum Gasteiger partial charge on any atom is 0.471 e. The van der Waals surface area contributed by atoms with Gasteiger partial charge < -0.3 is 44.9 Å². The molecule has 0 aromatic carbocycles. The van der Waals surface area contributed by atoms with Gasteiger partial charge in [0.25, 0.3) is 5.08 Å². The van der Waals surface area contributed by atoms with Crippen LogP contribution in [0, 0.1) is 0 Å². The van der Waals surface area contributed by atoms with Crippen molar-refractivity contribution in [2.75, 3.05) is 6.54 Å². The Morgan fingerprint density at radius 2 is 1.23 bits per heavy atom. The minimum absolute atomic E-state index is 0.734. The zero-order valence-corrected chi connectivity index (χ0v) is 14.1. The molecule has 0 aromatic rings. The summed E-state index contributed by atoms with van der Waals surface area (Å²) in [6, 6.07) is 0. The Morgan fingerprint density at radius 3 is 1.41 bits per heavy atom. The second-order valence-electron chi connectivity index (χ2n) is 4.01. The zero-order chi connectivity index (χ0) is 18.2. The first kappa shape index (κ1) is 22.5. The molecule has 0 radical (unpaired) electrons. The quantitative estimate of drug-likeness (QED) is 0.196. The van der Waals surface area contributed by atoms with Crippen LogP contribution in [0.25, 0.3) is 0 Å². The van der Waals surface area contributed by atoms with E-state index in [4.69, 9.17) is 44.9 Å². The van der Waals surface area contributed by atoms with Crippen LogP contribution < -0.4 is 5.73 Å². The number of phosphoric ester groups is 1. The van der Waals surface area contributed by atoms with Crippen LogP contribution in [0.2, 0.25) is 0 Å². The molecule has 0 heterocycles. The maximum absolute atomic E-state index is 11.5. The van der Waals surface area contributed by atoms with Crippen LogP contribution in [0.1, 0.15) is 6.42 Å². The van der Waals surface area contributed by atoms with E-state index in [0.717, 1.165) is 0 Å².